The van der Waals surface area contributed by atoms with Gasteiger partial charge in [-0.3, -0.25) is 0 Å². The van der Waals surface area contributed by atoms with E-state index in [1.165, 1.54) is 28.2 Å². The molecule has 2 heterocycles. The van der Waals surface area contributed by atoms with Crippen molar-refractivity contribution in [1.29, 1.82) is 0 Å². The van der Waals surface area contributed by atoms with Crippen molar-refractivity contribution in [2.45, 2.75) is 13.8 Å². The Balaban J connectivity index is 1.90. The van der Waals surface area contributed by atoms with Crippen LogP contribution in [0.2, 0.25) is 0 Å². The standard InChI is InChI=1S/C22H21N5O2/c1-4-26(3)20-18-11-15(17-8-6-5-7-14(17)2)9-10-19(18)24-22(25-20)27-13-16(12-23-27)21(28)29/h5-13H,4H2,1-3H3,(H,28,29). The maximum atomic E-state index is 11.2. The molecule has 0 saturated heterocycles. The molecule has 0 unspecified atom stereocenters. The second-order valence-corrected chi connectivity index (χ2v) is 6.89. The maximum Gasteiger partial charge on any atom is 0.338 e. The fraction of sp³-hybridized carbons (Fsp3) is 0.182. The number of aromatic carboxylic acids is 1. The summed E-state index contributed by atoms with van der Waals surface area (Å²) in [6.07, 6.45) is 2.71. The summed E-state index contributed by atoms with van der Waals surface area (Å²) < 4.78 is 1.39. The SMILES string of the molecule is CCN(C)c1nc(-n2cc(C(=O)O)cn2)nc2ccc(-c3ccccc3C)cc12. The van der Waals surface area contributed by atoms with Gasteiger partial charge in [0.15, 0.2) is 0 Å². The summed E-state index contributed by atoms with van der Waals surface area (Å²) in [5, 5.41) is 14.2. The van der Waals surface area contributed by atoms with Gasteiger partial charge < -0.3 is 10.0 Å². The maximum absolute atomic E-state index is 11.2. The Morgan fingerprint density at radius 1 is 1.17 bits per heavy atom. The third-order valence-electron chi connectivity index (χ3n) is 4.99. The van der Waals surface area contributed by atoms with Crippen LogP contribution >= 0.6 is 0 Å². The Labute approximate surface area is 168 Å². The topological polar surface area (TPSA) is 84.1 Å². The highest BCUT2D eigenvalue weighted by Gasteiger charge is 2.15. The molecule has 0 atom stereocenters. The molecule has 0 spiro atoms. The monoisotopic (exact) mass is 387 g/mol. The zero-order valence-corrected chi connectivity index (χ0v) is 16.5. The lowest BCUT2D eigenvalue weighted by Gasteiger charge is -2.19. The minimum absolute atomic E-state index is 0.0917. The van der Waals surface area contributed by atoms with Crippen molar-refractivity contribution in [2.75, 3.05) is 18.5 Å². The van der Waals surface area contributed by atoms with E-state index in [0.717, 1.165) is 28.8 Å². The average Bonchev–Trinajstić information content (AvgIpc) is 3.23. The number of carboxylic acids is 1. The van der Waals surface area contributed by atoms with Gasteiger partial charge in [-0.25, -0.2) is 14.5 Å². The highest BCUT2D eigenvalue weighted by atomic mass is 16.4. The van der Waals surface area contributed by atoms with Crippen LogP contribution in [-0.2, 0) is 0 Å². The predicted octanol–water partition coefficient (Wildman–Crippen LogP) is 3.95. The van der Waals surface area contributed by atoms with E-state index >= 15 is 0 Å². The van der Waals surface area contributed by atoms with Crippen molar-refractivity contribution >= 4 is 22.7 Å². The van der Waals surface area contributed by atoms with Crippen LogP contribution in [0.15, 0.2) is 54.9 Å². The summed E-state index contributed by atoms with van der Waals surface area (Å²) >= 11 is 0. The third kappa shape index (κ3) is 3.42. The van der Waals surface area contributed by atoms with Crippen LogP contribution in [0.1, 0.15) is 22.8 Å². The normalized spacial score (nSPS) is 11.0. The molecule has 4 rings (SSSR count). The van der Waals surface area contributed by atoms with E-state index in [0.29, 0.717) is 5.95 Å². The van der Waals surface area contributed by atoms with Gasteiger partial charge in [-0.05, 0) is 42.7 Å². The lowest BCUT2D eigenvalue weighted by Crippen LogP contribution is -2.19. The minimum Gasteiger partial charge on any atom is -0.478 e. The molecule has 2 aromatic carbocycles. The Morgan fingerprint density at radius 3 is 2.66 bits per heavy atom. The van der Waals surface area contributed by atoms with Crippen LogP contribution in [0, 0.1) is 6.92 Å². The molecule has 0 radical (unpaired) electrons. The first-order valence-corrected chi connectivity index (χ1v) is 9.35. The second kappa shape index (κ2) is 7.35. The molecule has 0 bridgehead atoms. The van der Waals surface area contributed by atoms with E-state index in [-0.39, 0.29) is 5.56 Å². The van der Waals surface area contributed by atoms with Crippen LogP contribution in [0.4, 0.5) is 5.82 Å². The fourth-order valence-electron chi connectivity index (χ4n) is 3.25. The lowest BCUT2D eigenvalue weighted by molar-refractivity contribution is 0.0697. The van der Waals surface area contributed by atoms with Gasteiger partial charge in [0.25, 0.3) is 5.95 Å². The first-order chi connectivity index (χ1) is 14.0. The second-order valence-electron chi connectivity index (χ2n) is 6.89. The molecule has 0 fully saturated rings. The number of benzene rings is 2. The Kier molecular flexibility index (Phi) is 4.72. The van der Waals surface area contributed by atoms with Crippen LogP contribution in [0.25, 0.3) is 28.0 Å². The molecule has 1 N–H and O–H groups in total. The van der Waals surface area contributed by atoms with Crippen LogP contribution in [0.3, 0.4) is 0 Å². The molecule has 2 aromatic heterocycles. The molecule has 0 saturated carbocycles. The molecule has 0 aliphatic carbocycles. The van der Waals surface area contributed by atoms with Gasteiger partial charge in [0.1, 0.15) is 5.82 Å². The Morgan fingerprint density at radius 2 is 1.97 bits per heavy atom. The number of nitrogens with zero attached hydrogens (tertiary/aromatic N) is 5. The lowest BCUT2D eigenvalue weighted by atomic mass is 9.99. The molecular weight excluding hydrogens is 366 g/mol. The number of aryl methyl sites for hydroxylation is 1. The zero-order chi connectivity index (χ0) is 20.5. The first-order valence-electron chi connectivity index (χ1n) is 9.35. The van der Waals surface area contributed by atoms with Gasteiger partial charge in [0.05, 0.1) is 17.3 Å². The molecule has 4 aromatic rings. The van der Waals surface area contributed by atoms with E-state index in [4.69, 9.17) is 10.1 Å². The highest BCUT2D eigenvalue weighted by molar-refractivity contribution is 5.94. The van der Waals surface area contributed by atoms with Crippen LogP contribution < -0.4 is 4.90 Å². The van der Waals surface area contributed by atoms with Gasteiger partial charge in [-0.2, -0.15) is 10.1 Å². The van der Waals surface area contributed by atoms with Gasteiger partial charge in [0.2, 0.25) is 0 Å². The van der Waals surface area contributed by atoms with E-state index in [9.17, 15) is 4.79 Å². The van der Waals surface area contributed by atoms with Gasteiger partial charge in [0, 0.05) is 25.2 Å². The zero-order valence-electron chi connectivity index (χ0n) is 16.5. The Bertz CT molecular complexity index is 1220. The average molecular weight is 387 g/mol. The quantitative estimate of drug-likeness (QED) is 0.558. The molecule has 7 heteroatoms. The molecule has 146 valence electrons. The number of carbonyl (C=O) groups is 1. The number of hydrogen-bond donors (Lipinski definition) is 1. The van der Waals surface area contributed by atoms with Crippen LogP contribution in [-0.4, -0.2) is 44.4 Å². The van der Waals surface area contributed by atoms with E-state index in [1.807, 2.05) is 36.2 Å². The summed E-state index contributed by atoms with van der Waals surface area (Å²) in [5.74, 6) is 0.0741. The molecule has 29 heavy (non-hydrogen) atoms. The highest BCUT2D eigenvalue weighted by Crippen LogP contribution is 2.31. The van der Waals surface area contributed by atoms with Crippen molar-refractivity contribution < 1.29 is 9.90 Å². The summed E-state index contributed by atoms with van der Waals surface area (Å²) in [6.45, 7) is 4.91. The number of hydrogen-bond acceptors (Lipinski definition) is 5. The van der Waals surface area contributed by atoms with E-state index in [1.54, 1.807) is 0 Å². The van der Waals surface area contributed by atoms with Gasteiger partial charge in [-0.15, -0.1) is 0 Å². The van der Waals surface area contributed by atoms with E-state index in [2.05, 4.69) is 42.1 Å². The summed E-state index contributed by atoms with van der Waals surface area (Å²) in [5.41, 5.74) is 4.34. The summed E-state index contributed by atoms with van der Waals surface area (Å²) in [6, 6.07) is 14.4. The summed E-state index contributed by atoms with van der Waals surface area (Å²) in [4.78, 5) is 22.5. The number of anilines is 1. The van der Waals surface area contributed by atoms with Gasteiger partial charge in [-0.1, -0.05) is 30.3 Å². The number of aromatic nitrogens is 4. The summed E-state index contributed by atoms with van der Waals surface area (Å²) in [7, 11) is 1.97. The van der Waals surface area contributed by atoms with E-state index < -0.39 is 5.97 Å². The van der Waals surface area contributed by atoms with Crippen molar-refractivity contribution in [3.05, 3.63) is 66.0 Å². The fourth-order valence-corrected chi connectivity index (χ4v) is 3.25. The van der Waals surface area contributed by atoms with Crippen molar-refractivity contribution in [1.82, 2.24) is 19.7 Å². The van der Waals surface area contributed by atoms with Crippen molar-refractivity contribution in [2.24, 2.45) is 0 Å². The Hall–Kier alpha value is -3.74. The van der Waals surface area contributed by atoms with Crippen molar-refractivity contribution in [3.63, 3.8) is 0 Å². The number of fused-ring (bicyclic) bond motifs is 1. The van der Waals surface area contributed by atoms with Crippen LogP contribution in [0.5, 0.6) is 0 Å². The predicted molar refractivity (Wildman–Crippen MR) is 113 cm³/mol. The molecular formula is C22H21N5O2. The molecule has 0 aliphatic rings. The molecule has 0 aliphatic heterocycles. The number of carboxylic acid groups (broad SMARTS) is 1. The van der Waals surface area contributed by atoms with Gasteiger partial charge >= 0.3 is 5.97 Å². The third-order valence-corrected chi connectivity index (χ3v) is 4.99. The van der Waals surface area contributed by atoms with Crippen molar-refractivity contribution in [3.8, 4) is 17.1 Å². The smallest absolute Gasteiger partial charge is 0.338 e. The molecule has 0 amide bonds. The largest absolute Gasteiger partial charge is 0.478 e. The molecule has 7 nitrogen and oxygen atoms in total. The number of rotatable bonds is 5. The first kappa shape index (κ1) is 18.6. The minimum atomic E-state index is -1.04.